The van der Waals surface area contributed by atoms with Gasteiger partial charge < -0.3 is 9.64 Å². The van der Waals surface area contributed by atoms with Crippen LogP contribution in [0.1, 0.15) is 19.8 Å². The van der Waals surface area contributed by atoms with Gasteiger partial charge in [-0.15, -0.1) is 0 Å². The molecule has 0 aliphatic carbocycles. The molecule has 0 N–H and O–H groups in total. The Balaban J connectivity index is 3.45. The number of rotatable bonds is 6. The smallest absolute Gasteiger partial charge is 0.225 e. The Morgan fingerprint density at radius 2 is 2.23 bits per heavy atom. The fraction of sp³-hybridized carbons (Fsp3) is 0.778. The first-order chi connectivity index (χ1) is 6.22. The lowest BCUT2D eigenvalue weighted by atomic mass is 10.4. The van der Waals surface area contributed by atoms with Crippen LogP contribution in [0.4, 0.5) is 0 Å². The number of carbonyl (C=O) groups is 1. The van der Waals surface area contributed by atoms with Crippen molar-refractivity contribution in [3.05, 3.63) is 0 Å². The van der Waals surface area contributed by atoms with Crippen LogP contribution in [-0.4, -0.2) is 37.6 Å². The van der Waals surface area contributed by atoms with Gasteiger partial charge in [0.2, 0.25) is 5.91 Å². The second kappa shape index (κ2) is 7.56. The third-order valence-electron chi connectivity index (χ3n) is 1.54. The highest BCUT2D eigenvalue weighted by atomic mass is 16.5. The number of hydrogen-bond acceptors (Lipinski definition) is 3. The van der Waals surface area contributed by atoms with Crippen LogP contribution in [0.5, 0.6) is 0 Å². The summed E-state index contributed by atoms with van der Waals surface area (Å²) in [5.74, 6) is -0.0438. The first-order valence-corrected chi connectivity index (χ1v) is 4.41. The van der Waals surface area contributed by atoms with Crippen molar-refractivity contribution in [2.75, 3.05) is 26.8 Å². The number of carbonyl (C=O) groups excluding carboxylic acids is 1. The molecule has 0 atom stereocenters. The Labute approximate surface area is 79.1 Å². The lowest BCUT2D eigenvalue weighted by Crippen LogP contribution is -2.27. The summed E-state index contributed by atoms with van der Waals surface area (Å²) in [5.41, 5.74) is 0. The van der Waals surface area contributed by atoms with Gasteiger partial charge in [-0.2, -0.15) is 5.26 Å². The average molecular weight is 184 g/mol. The molecule has 0 aromatic carbocycles. The highest BCUT2D eigenvalue weighted by Gasteiger charge is 2.06. The third-order valence-corrected chi connectivity index (χ3v) is 1.54. The summed E-state index contributed by atoms with van der Waals surface area (Å²) >= 11 is 0. The monoisotopic (exact) mass is 184 g/mol. The van der Waals surface area contributed by atoms with Crippen LogP contribution in [0, 0.1) is 11.3 Å². The predicted octanol–water partition coefficient (Wildman–Crippen LogP) is 0.785. The van der Waals surface area contributed by atoms with E-state index in [0.717, 1.165) is 6.42 Å². The first kappa shape index (κ1) is 11.9. The minimum absolute atomic E-state index is 0.0438. The number of nitriles is 1. The predicted molar refractivity (Wildman–Crippen MR) is 49.0 cm³/mol. The molecule has 0 spiro atoms. The molecule has 0 aliphatic rings. The molecule has 0 fully saturated rings. The molecule has 74 valence electrons. The molecule has 0 saturated heterocycles. The molecule has 0 aromatic rings. The second-order valence-corrected chi connectivity index (χ2v) is 2.77. The SMILES string of the molecule is CCCOCCC(=O)N(C)CC#N. The van der Waals surface area contributed by atoms with Crippen LogP contribution in [0.2, 0.25) is 0 Å². The standard InChI is InChI=1S/C9H16N2O2/c1-3-7-13-8-4-9(12)11(2)6-5-10/h3-4,6-8H2,1-2H3. The van der Waals surface area contributed by atoms with Crippen LogP contribution in [0.25, 0.3) is 0 Å². The van der Waals surface area contributed by atoms with Gasteiger partial charge in [0.05, 0.1) is 19.1 Å². The summed E-state index contributed by atoms with van der Waals surface area (Å²) < 4.78 is 5.15. The maximum Gasteiger partial charge on any atom is 0.225 e. The molecule has 0 saturated carbocycles. The topological polar surface area (TPSA) is 53.3 Å². The van der Waals surface area contributed by atoms with Crippen molar-refractivity contribution in [2.24, 2.45) is 0 Å². The van der Waals surface area contributed by atoms with E-state index >= 15 is 0 Å². The third kappa shape index (κ3) is 6.12. The molecule has 0 aliphatic heterocycles. The van der Waals surface area contributed by atoms with Crippen molar-refractivity contribution in [3.63, 3.8) is 0 Å². The van der Waals surface area contributed by atoms with Crippen LogP contribution in [0.3, 0.4) is 0 Å². The van der Waals surface area contributed by atoms with Crippen LogP contribution < -0.4 is 0 Å². The van der Waals surface area contributed by atoms with Gasteiger partial charge in [-0.1, -0.05) is 6.92 Å². The van der Waals surface area contributed by atoms with E-state index in [1.807, 2.05) is 13.0 Å². The zero-order valence-corrected chi connectivity index (χ0v) is 8.25. The first-order valence-electron chi connectivity index (χ1n) is 4.41. The highest BCUT2D eigenvalue weighted by molar-refractivity contribution is 5.76. The summed E-state index contributed by atoms with van der Waals surface area (Å²) in [6.45, 7) is 3.30. The number of nitrogens with zero attached hydrogens (tertiary/aromatic N) is 2. The van der Waals surface area contributed by atoms with E-state index in [1.54, 1.807) is 7.05 Å². The van der Waals surface area contributed by atoms with Gasteiger partial charge in [0.15, 0.2) is 0 Å². The van der Waals surface area contributed by atoms with E-state index in [2.05, 4.69) is 0 Å². The van der Waals surface area contributed by atoms with E-state index in [-0.39, 0.29) is 12.5 Å². The molecular formula is C9H16N2O2. The zero-order chi connectivity index (χ0) is 10.1. The molecule has 0 heterocycles. The maximum atomic E-state index is 11.2. The van der Waals surface area contributed by atoms with Gasteiger partial charge in [-0.3, -0.25) is 4.79 Å². The minimum atomic E-state index is -0.0438. The summed E-state index contributed by atoms with van der Waals surface area (Å²) in [5, 5.41) is 8.32. The summed E-state index contributed by atoms with van der Waals surface area (Å²) in [6, 6.07) is 1.91. The lowest BCUT2D eigenvalue weighted by Gasteiger charge is -2.12. The Morgan fingerprint density at radius 3 is 2.77 bits per heavy atom. The molecule has 4 heteroatoms. The Hall–Kier alpha value is -1.08. The number of hydrogen-bond donors (Lipinski definition) is 0. The van der Waals surface area contributed by atoms with Gasteiger partial charge in [-0.25, -0.2) is 0 Å². The number of amides is 1. The van der Waals surface area contributed by atoms with Crippen LogP contribution in [0.15, 0.2) is 0 Å². The van der Waals surface area contributed by atoms with Crippen molar-refractivity contribution in [1.82, 2.24) is 4.90 Å². The van der Waals surface area contributed by atoms with Crippen molar-refractivity contribution < 1.29 is 9.53 Å². The van der Waals surface area contributed by atoms with E-state index in [4.69, 9.17) is 10.00 Å². The molecule has 0 unspecified atom stereocenters. The van der Waals surface area contributed by atoms with Gasteiger partial charge >= 0.3 is 0 Å². The highest BCUT2D eigenvalue weighted by Crippen LogP contribution is 1.91. The van der Waals surface area contributed by atoms with Gasteiger partial charge in [-0.05, 0) is 6.42 Å². The van der Waals surface area contributed by atoms with E-state index in [9.17, 15) is 4.79 Å². The van der Waals surface area contributed by atoms with Crippen molar-refractivity contribution in [1.29, 1.82) is 5.26 Å². The quantitative estimate of drug-likeness (QED) is 0.453. The summed E-state index contributed by atoms with van der Waals surface area (Å²) in [4.78, 5) is 12.6. The normalized spacial score (nSPS) is 9.31. The van der Waals surface area contributed by atoms with E-state index in [1.165, 1.54) is 4.90 Å². The Kier molecular flexibility index (Phi) is 6.93. The van der Waals surface area contributed by atoms with E-state index < -0.39 is 0 Å². The fourth-order valence-electron chi connectivity index (χ4n) is 0.791. The molecule has 13 heavy (non-hydrogen) atoms. The van der Waals surface area contributed by atoms with Gasteiger partial charge in [0.1, 0.15) is 6.54 Å². The van der Waals surface area contributed by atoms with Gasteiger partial charge in [0, 0.05) is 13.7 Å². The Morgan fingerprint density at radius 1 is 1.54 bits per heavy atom. The Bertz CT molecular complexity index is 187. The molecule has 0 rings (SSSR count). The average Bonchev–Trinajstić information content (AvgIpc) is 2.12. The largest absolute Gasteiger partial charge is 0.381 e. The van der Waals surface area contributed by atoms with Crippen LogP contribution in [-0.2, 0) is 9.53 Å². The fourth-order valence-corrected chi connectivity index (χ4v) is 0.791. The zero-order valence-electron chi connectivity index (χ0n) is 8.25. The van der Waals surface area contributed by atoms with Crippen molar-refractivity contribution in [2.45, 2.75) is 19.8 Å². The molecular weight excluding hydrogens is 168 g/mol. The number of ether oxygens (including phenoxy) is 1. The van der Waals surface area contributed by atoms with Crippen LogP contribution >= 0.6 is 0 Å². The van der Waals surface area contributed by atoms with Crippen molar-refractivity contribution >= 4 is 5.91 Å². The van der Waals surface area contributed by atoms with Crippen molar-refractivity contribution in [3.8, 4) is 6.07 Å². The summed E-state index contributed by atoms with van der Waals surface area (Å²) in [6.07, 6.45) is 1.32. The minimum Gasteiger partial charge on any atom is -0.381 e. The summed E-state index contributed by atoms with van der Waals surface area (Å²) in [7, 11) is 1.62. The maximum absolute atomic E-state index is 11.2. The molecule has 0 radical (unpaired) electrons. The van der Waals surface area contributed by atoms with Gasteiger partial charge in [0.25, 0.3) is 0 Å². The molecule has 0 aromatic heterocycles. The lowest BCUT2D eigenvalue weighted by molar-refractivity contribution is -0.130. The second-order valence-electron chi connectivity index (χ2n) is 2.77. The van der Waals surface area contributed by atoms with E-state index in [0.29, 0.717) is 19.6 Å². The molecule has 1 amide bonds. The molecule has 0 bridgehead atoms. The molecule has 4 nitrogen and oxygen atoms in total.